The third-order valence-corrected chi connectivity index (χ3v) is 1.88. The Hall–Kier alpha value is -2.63. The number of carbonyl (C=O) groups excluding carboxylic acids is 1. The number of amides is 1. The SMILES string of the molecule is O=CN(C(=CC(=O)O)C(=O)O)c1ccccc1. The maximum absolute atomic E-state index is 10.9. The first-order chi connectivity index (χ1) is 8.06. The van der Waals surface area contributed by atoms with Gasteiger partial charge < -0.3 is 10.2 Å². The molecule has 0 aliphatic rings. The summed E-state index contributed by atoms with van der Waals surface area (Å²) in [5.41, 5.74) is -0.351. The number of rotatable bonds is 5. The lowest BCUT2D eigenvalue weighted by Gasteiger charge is -2.17. The number of para-hydroxylation sites is 1. The molecule has 17 heavy (non-hydrogen) atoms. The zero-order valence-electron chi connectivity index (χ0n) is 8.61. The Labute approximate surface area is 96.4 Å². The summed E-state index contributed by atoms with van der Waals surface area (Å²) in [6.07, 6.45) is 0.710. The van der Waals surface area contributed by atoms with Crippen LogP contribution in [0.1, 0.15) is 0 Å². The molecule has 0 heterocycles. The molecule has 0 spiro atoms. The Kier molecular flexibility index (Phi) is 3.99. The summed E-state index contributed by atoms with van der Waals surface area (Å²) in [5, 5.41) is 17.4. The van der Waals surface area contributed by atoms with E-state index in [-0.39, 0.29) is 12.1 Å². The van der Waals surface area contributed by atoms with E-state index < -0.39 is 17.6 Å². The van der Waals surface area contributed by atoms with Crippen LogP contribution in [0.15, 0.2) is 42.1 Å². The van der Waals surface area contributed by atoms with Crippen LogP contribution in [0.3, 0.4) is 0 Å². The highest BCUT2D eigenvalue weighted by Gasteiger charge is 2.19. The van der Waals surface area contributed by atoms with Crippen molar-refractivity contribution in [2.75, 3.05) is 4.90 Å². The summed E-state index contributed by atoms with van der Waals surface area (Å²) in [4.78, 5) is 33.0. The molecule has 0 aliphatic carbocycles. The number of aliphatic carboxylic acids is 2. The molecule has 0 bridgehead atoms. The second-order valence-electron chi connectivity index (χ2n) is 2.98. The predicted octanol–water partition coefficient (Wildman–Crippen LogP) is 0.702. The van der Waals surface area contributed by atoms with Crippen LogP contribution in [0, 0.1) is 0 Å². The van der Waals surface area contributed by atoms with Gasteiger partial charge in [-0.05, 0) is 12.1 Å². The number of carboxylic acids is 2. The van der Waals surface area contributed by atoms with Crippen molar-refractivity contribution >= 4 is 24.0 Å². The van der Waals surface area contributed by atoms with Crippen molar-refractivity contribution in [2.24, 2.45) is 0 Å². The van der Waals surface area contributed by atoms with Crippen molar-refractivity contribution in [1.82, 2.24) is 0 Å². The van der Waals surface area contributed by atoms with Gasteiger partial charge in [-0.3, -0.25) is 9.69 Å². The summed E-state index contributed by atoms with van der Waals surface area (Å²) in [7, 11) is 0. The molecular formula is C11H9NO5. The lowest BCUT2D eigenvalue weighted by Crippen LogP contribution is -2.26. The van der Waals surface area contributed by atoms with Gasteiger partial charge in [-0.25, -0.2) is 9.59 Å². The average molecular weight is 235 g/mol. The molecule has 1 rings (SSSR count). The molecule has 2 N–H and O–H groups in total. The van der Waals surface area contributed by atoms with Crippen molar-refractivity contribution in [3.8, 4) is 0 Å². The highest BCUT2D eigenvalue weighted by Crippen LogP contribution is 2.16. The Morgan fingerprint density at radius 1 is 1.12 bits per heavy atom. The monoisotopic (exact) mass is 235 g/mol. The van der Waals surface area contributed by atoms with E-state index in [0.29, 0.717) is 6.08 Å². The number of carboxylic acid groups (broad SMARTS) is 2. The second kappa shape index (κ2) is 5.45. The molecule has 88 valence electrons. The average Bonchev–Trinajstić information content (AvgIpc) is 2.29. The quantitative estimate of drug-likeness (QED) is 0.578. The summed E-state index contributed by atoms with van der Waals surface area (Å²) in [6, 6.07) is 7.88. The van der Waals surface area contributed by atoms with Crippen molar-refractivity contribution in [2.45, 2.75) is 0 Å². The fraction of sp³-hybridized carbons (Fsp3) is 0. The van der Waals surface area contributed by atoms with Gasteiger partial charge in [0.05, 0.1) is 6.08 Å². The van der Waals surface area contributed by atoms with Crippen LogP contribution in [-0.4, -0.2) is 28.6 Å². The topological polar surface area (TPSA) is 94.9 Å². The smallest absolute Gasteiger partial charge is 0.353 e. The van der Waals surface area contributed by atoms with E-state index >= 15 is 0 Å². The molecular weight excluding hydrogens is 226 g/mol. The van der Waals surface area contributed by atoms with Crippen molar-refractivity contribution in [3.63, 3.8) is 0 Å². The zero-order valence-corrected chi connectivity index (χ0v) is 8.61. The lowest BCUT2D eigenvalue weighted by atomic mass is 10.2. The van der Waals surface area contributed by atoms with Gasteiger partial charge in [0.25, 0.3) is 0 Å². The van der Waals surface area contributed by atoms with Gasteiger partial charge in [-0.15, -0.1) is 0 Å². The van der Waals surface area contributed by atoms with Crippen molar-refractivity contribution < 1.29 is 24.6 Å². The molecule has 0 fully saturated rings. The molecule has 0 aliphatic heterocycles. The molecule has 0 unspecified atom stereocenters. The standard InChI is InChI=1S/C11H9NO5/c13-7-12(8-4-2-1-3-5-8)9(11(16)17)6-10(14)15/h1-7H,(H,14,15)(H,16,17). The molecule has 1 amide bonds. The summed E-state index contributed by atoms with van der Waals surface area (Å²) in [5.74, 6) is -2.94. The van der Waals surface area contributed by atoms with E-state index in [1.165, 1.54) is 12.1 Å². The third-order valence-electron chi connectivity index (χ3n) is 1.88. The first-order valence-corrected chi connectivity index (χ1v) is 4.53. The maximum Gasteiger partial charge on any atom is 0.353 e. The van der Waals surface area contributed by atoms with Gasteiger partial charge in [0, 0.05) is 5.69 Å². The van der Waals surface area contributed by atoms with Gasteiger partial charge in [-0.2, -0.15) is 0 Å². The van der Waals surface area contributed by atoms with Crippen LogP contribution in [0.5, 0.6) is 0 Å². The van der Waals surface area contributed by atoms with E-state index in [1.54, 1.807) is 18.2 Å². The van der Waals surface area contributed by atoms with E-state index in [2.05, 4.69) is 0 Å². The Balaban J connectivity index is 3.20. The zero-order chi connectivity index (χ0) is 12.8. The first kappa shape index (κ1) is 12.4. The maximum atomic E-state index is 10.9. The minimum Gasteiger partial charge on any atom is -0.478 e. The van der Waals surface area contributed by atoms with Gasteiger partial charge in [-0.1, -0.05) is 18.2 Å². The highest BCUT2D eigenvalue weighted by molar-refractivity contribution is 6.03. The van der Waals surface area contributed by atoms with E-state index in [0.717, 1.165) is 4.90 Å². The second-order valence-corrected chi connectivity index (χ2v) is 2.98. The van der Waals surface area contributed by atoms with Crippen molar-refractivity contribution in [1.29, 1.82) is 0 Å². The fourth-order valence-corrected chi connectivity index (χ4v) is 1.20. The lowest BCUT2D eigenvalue weighted by molar-refractivity contribution is -0.135. The van der Waals surface area contributed by atoms with Gasteiger partial charge in [0.1, 0.15) is 5.70 Å². The number of benzene rings is 1. The fourth-order valence-electron chi connectivity index (χ4n) is 1.20. The summed E-state index contributed by atoms with van der Waals surface area (Å²) in [6.45, 7) is 0. The predicted molar refractivity (Wildman–Crippen MR) is 58.3 cm³/mol. The Morgan fingerprint density at radius 2 is 1.71 bits per heavy atom. The summed E-state index contributed by atoms with van der Waals surface area (Å²) >= 11 is 0. The minimum atomic E-state index is -1.50. The molecule has 6 heteroatoms. The van der Waals surface area contributed by atoms with Crippen LogP contribution < -0.4 is 4.90 Å². The molecule has 0 radical (unpaired) electrons. The number of hydrogen-bond donors (Lipinski definition) is 2. The van der Waals surface area contributed by atoms with Crippen LogP contribution >= 0.6 is 0 Å². The van der Waals surface area contributed by atoms with Crippen molar-refractivity contribution in [3.05, 3.63) is 42.1 Å². The molecule has 6 nitrogen and oxygen atoms in total. The van der Waals surface area contributed by atoms with Gasteiger partial charge >= 0.3 is 11.9 Å². The van der Waals surface area contributed by atoms with E-state index in [4.69, 9.17) is 10.2 Å². The highest BCUT2D eigenvalue weighted by atomic mass is 16.4. The number of hydrogen-bond acceptors (Lipinski definition) is 3. The number of carbonyl (C=O) groups is 3. The number of anilines is 1. The van der Waals surface area contributed by atoms with Gasteiger partial charge in [0.15, 0.2) is 0 Å². The minimum absolute atomic E-state index is 0.248. The van der Waals surface area contributed by atoms with E-state index in [1.807, 2.05) is 0 Å². The van der Waals surface area contributed by atoms with Crippen LogP contribution in [0.2, 0.25) is 0 Å². The van der Waals surface area contributed by atoms with Gasteiger partial charge in [0.2, 0.25) is 6.41 Å². The molecule has 0 saturated heterocycles. The third kappa shape index (κ3) is 3.16. The molecule has 0 atom stereocenters. The van der Waals surface area contributed by atoms with Crippen LogP contribution in [0.25, 0.3) is 0 Å². The normalized spacial score (nSPS) is 10.7. The van der Waals surface area contributed by atoms with E-state index in [9.17, 15) is 14.4 Å². The molecule has 1 aromatic rings. The first-order valence-electron chi connectivity index (χ1n) is 4.53. The Morgan fingerprint density at radius 3 is 2.12 bits per heavy atom. The molecule has 1 aromatic carbocycles. The molecule has 0 aromatic heterocycles. The van der Waals surface area contributed by atoms with Crippen LogP contribution in [0.4, 0.5) is 5.69 Å². The summed E-state index contributed by atoms with van der Waals surface area (Å²) < 4.78 is 0. The number of nitrogens with zero attached hydrogens (tertiary/aromatic N) is 1. The Bertz CT molecular complexity index is 466. The van der Waals surface area contributed by atoms with Crippen LogP contribution in [-0.2, 0) is 14.4 Å². The molecule has 0 saturated carbocycles. The largest absolute Gasteiger partial charge is 0.478 e.